The molecular weight excluding hydrogens is 330 g/mol. The van der Waals surface area contributed by atoms with Crippen LogP contribution in [0.2, 0.25) is 0 Å². The molecule has 0 aromatic heterocycles. The van der Waals surface area contributed by atoms with Crippen LogP contribution in [0.5, 0.6) is 0 Å². The molecule has 17 heavy (non-hydrogen) atoms. The van der Waals surface area contributed by atoms with Gasteiger partial charge in [0.1, 0.15) is 5.82 Å². The average molecular weight is 342 g/mol. The number of anilines is 1. The zero-order valence-corrected chi connectivity index (χ0v) is 11.2. The number of halogens is 2. The van der Waals surface area contributed by atoms with E-state index in [1.165, 1.54) is 6.07 Å². The van der Waals surface area contributed by atoms with Gasteiger partial charge in [-0.3, -0.25) is 0 Å². The Morgan fingerprint density at radius 2 is 1.76 bits per heavy atom. The molecule has 0 unspecified atom stereocenters. The summed E-state index contributed by atoms with van der Waals surface area (Å²) in [6.45, 7) is 0. The number of rotatable bonds is 3. The summed E-state index contributed by atoms with van der Waals surface area (Å²) in [5.74, 6) is -0.381. The molecule has 0 amide bonds. The average Bonchev–Trinajstić information content (AvgIpc) is 2.36. The van der Waals surface area contributed by atoms with Crippen LogP contribution in [0.1, 0.15) is 17.2 Å². The first-order valence-electron chi connectivity index (χ1n) is 5.18. The molecule has 4 heteroatoms. The molecule has 0 aliphatic carbocycles. The first kappa shape index (κ1) is 12.3. The molecule has 0 aliphatic heterocycles. The molecule has 88 valence electrons. The molecule has 2 nitrogen and oxygen atoms in total. The van der Waals surface area contributed by atoms with E-state index in [1.807, 2.05) is 30.3 Å². The summed E-state index contributed by atoms with van der Waals surface area (Å²) >= 11 is 2.09. The molecule has 0 aliphatic rings. The van der Waals surface area contributed by atoms with Gasteiger partial charge >= 0.3 is 0 Å². The van der Waals surface area contributed by atoms with Gasteiger partial charge in [-0.05, 0) is 23.3 Å². The van der Waals surface area contributed by atoms with Gasteiger partial charge in [0, 0.05) is 22.9 Å². The van der Waals surface area contributed by atoms with Crippen LogP contribution in [0.4, 0.5) is 10.1 Å². The first-order valence-corrected chi connectivity index (χ1v) is 6.26. The first-order chi connectivity index (χ1) is 8.22. The van der Waals surface area contributed by atoms with Crippen molar-refractivity contribution in [3.63, 3.8) is 0 Å². The van der Waals surface area contributed by atoms with Gasteiger partial charge in [-0.25, -0.2) is 7.92 Å². The van der Waals surface area contributed by atoms with Crippen LogP contribution in [0, 0.1) is 5.82 Å². The maximum atomic E-state index is 13.1. The van der Waals surface area contributed by atoms with Crippen LogP contribution in [0.15, 0.2) is 48.5 Å². The van der Waals surface area contributed by atoms with E-state index in [-0.39, 0.29) is 17.5 Å². The zero-order valence-electron chi connectivity index (χ0n) is 9.03. The smallest absolute Gasteiger partial charge is 0.146 e. The number of hydrogen-bond donors (Lipinski definition) is 2. The van der Waals surface area contributed by atoms with Crippen molar-refractivity contribution in [1.29, 1.82) is 0 Å². The summed E-state index contributed by atoms with van der Waals surface area (Å²) < 4.78 is 16.3. The van der Waals surface area contributed by atoms with Crippen molar-refractivity contribution in [2.75, 3.05) is 5.73 Å². The lowest BCUT2D eigenvalue weighted by Crippen LogP contribution is -2.12. The van der Waals surface area contributed by atoms with Crippen molar-refractivity contribution in [3.8, 4) is 0 Å². The predicted octanol–water partition coefficient (Wildman–Crippen LogP) is 3.44. The number of nitrogens with one attached hydrogen (secondary N) is 1. The highest BCUT2D eigenvalue weighted by molar-refractivity contribution is 14.1. The molecule has 0 heterocycles. The number of hydrogen-bond acceptors (Lipinski definition) is 2. The van der Waals surface area contributed by atoms with Crippen LogP contribution in [0.3, 0.4) is 0 Å². The molecule has 0 bridgehead atoms. The van der Waals surface area contributed by atoms with E-state index in [9.17, 15) is 4.39 Å². The third kappa shape index (κ3) is 2.76. The van der Waals surface area contributed by atoms with Gasteiger partial charge in [-0.15, -0.1) is 0 Å². The lowest BCUT2D eigenvalue weighted by Gasteiger charge is -2.16. The standard InChI is InChI=1S/C13H12FIN2/c14-11-7-6-10(8-12(11)16)13(17-15)9-4-2-1-3-5-9/h1-8,13,17H,16H2/t13-/m1/s1. The van der Waals surface area contributed by atoms with E-state index in [4.69, 9.17) is 5.73 Å². The Bertz CT molecular complexity index is 502. The topological polar surface area (TPSA) is 38.0 Å². The molecule has 0 spiro atoms. The lowest BCUT2D eigenvalue weighted by atomic mass is 9.99. The fraction of sp³-hybridized carbons (Fsp3) is 0.0769. The normalized spacial score (nSPS) is 12.4. The molecule has 0 radical (unpaired) electrons. The SMILES string of the molecule is Nc1cc([C@H](NI)c2ccccc2)ccc1F. The summed E-state index contributed by atoms with van der Waals surface area (Å²) in [6, 6.07) is 14.8. The van der Waals surface area contributed by atoms with Gasteiger partial charge in [0.15, 0.2) is 0 Å². The van der Waals surface area contributed by atoms with Gasteiger partial charge in [0.2, 0.25) is 0 Å². The zero-order chi connectivity index (χ0) is 12.3. The third-order valence-electron chi connectivity index (χ3n) is 2.60. The van der Waals surface area contributed by atoms with E-state index >= 15 is 0 Å². The molecule has 0 saturated heterocycles. The van der Waals surface area contributed by atoms with Crippen LogP contribution < -0.4 is 9.26 Å². The van der Waals surface area contributed by atoms with E-state index in [1.54, 1.807) is 12.1 Å². The summed E-state index contributed by atoms with van der Waals surface area (Å²) in [7, 11) is 0. The summed E-state index contributed by atoms with van der Waals surface area (Å²) in [6.07, 6.45) is 0. The number of nitrogens with two attached hydrogens (primary N) is 1. The summed E-state index contributed by atoms with van der Waals surface area (Å²) in [4.78, 5) is 0. The molecule has 3 N–H and O–H groups in total. The van der Waals surface area contributed by atoms with Crippen molar-refractivity contribution in [1.82, 2.24) is 3.53 Å². The monoisotopic (exact) mass is 342 g/mol. The fourth-order valence-electron chi connectivity index (χ4n) is 1.71. The van der Waals surface area contributed by atoms with Crippen molar-refractivity contribution < 1.29 is 4.39 Å². The maximum Gasteiger partial charge on any atom is 0.146 e. The Morgan fingerprint density at radius 3 is 2.35 bits per heavy atom. The summed E-state index contributed by atoms with van der Waals surface area (Å²) in [5.41, 5.74) is 7.83. The Labute approximate surface area is 114 Å². The Morgan fingerprint density at radius 1 is 1.06 bits per heavy atom. The quantitative estimate of drug-likeness (QED) is 0.510. The van der Waals surface area contributed by atoms with Crippen LogP contribution >= 0.6 is 22.9 Å². The second-order valence-corrected chi connectivity index (χ2v) is 4.36. The van der Waals surface area contributed by atoms with Gasteiger partial charge in [0.05, 0.1) is 11.7 Å². The molecule has 0 fully saturated rings. The number of benzene rings is 2. The van der Waals surface area contributed by atoms with Crippen molar-refractivity contribution in [2.45, 2.75) is 6.04 Å². The van der Waals surface area contributed by atoms with Crippen molar-refractivity contribution in [3.05, 3.63) is 65.5 Å². The van der Waals surface area contributed by atoms with E-state index < -0.39 is 0 Å². The highest BCUT2D eigenvalue weighted by atomic mass is 127. The van der Waals surface area contributed by atoms with E-state index in [2.05, 4.69) is 26.4 Å². The van der Waals surface area contributed by atoms with Crippen LogP contribution in [-0.4, -0.2) is 0 Å². The molecule has 1 atom stereocenters. The van der Waals surface area contributed by atoms with Gasteiger partial charge in [-0.1, -0.05) is 36.4 Å². The Kier molecular flexibility index (Phi) is 3.96. The van der Waals surface area contributed by atoms with Gasteiger partial charge < -0.3 is 5.73 Å². The minimum atomic E-state index is -0.381. The van der Waals surface area contributed by atoms with Crippen LogP contribution in [-0.2, 0) is 0 Å². The maximum absolute atomic E-state index is 13.1. The van der Waals surface area contributed by atoms with Gasteiger partial charge in [-0.2, -0.15) is 0 Å². The second kappa shape index (κ2) is 5.46. The summed E-state index contributed by atoms with van der Waals surface area (Å²) in [5, 5.41) is 0. The molecule has 2 aromatic rings. The minimum absolute atomic E-state index is 0.0136. The van der Waals surface area contributed by atoms with Gasteiger partial charge in [0.25, 0.3) is 0 Å². The molecule has 0 saturated carbocycles. The molecule has 2 rings (SSSR count). The van der Waals surface area contributed by atoms with Crippen molar-refractivity contribution in [2.24, 2.45) is 0 Å². The van der Waals surface area contributed by atoms with E-state index in [0.29, 0.717) is 0 Å². The second-order valence-electron chi connectivity index (χ2n) is 3.73. The molecule has 2 aromatic carbocycles. The number of nitrogen functional groups attached to an aromatic ring is 1. The highest BCUT2D eigenvalue weighted by Gasteiger charge is 2.13. The Balaban J connectivity index is 2.39. The largest absolute Gasteiger partial charge is 0.396 e. The molecular formula is C13H12FIN2. The van der Waals surface area contributed by atoms with E-state index in [0.717, 1.165) is 11.1 Å². The third-order valence-corrected chi connectivity index (χ3v) is 3.22. The Hall–Kier alpha value is -1.14. The fourth-order valence-corrected chi connectivity index (χ4v) is 2.42. The lowest BCUT2D eigenvalue weighted by molar-refractivity contribution is 0.631. The van der Waals surface area contributed by atoms with Crippen LogP contribution in [0.25, 0.3) is 0 Å². The highest BCUT2D eigenvalue weighted by Crippen LogP contribution is 2.25. The minimum Gasteiger partial charge on any atom is -0.396 e. The predicted molar refractivity (Wildman–Crippen MR) is 76.3 cm³/mol. The van der Waals surface area contributed by atoms with Crippen molar-refractivity contribution >= 4 is 28.6 Å².